The van der Waals surface area contributed by atoms with E-state index in [0.29, 0.717) is 0 Å². The van der Waals surface area contributed by atoms with Gasteiger partial charge in [0.05, 0.1) is 18.1 Å². The summed E-state index contributed by atoms with van der Waals surface area (Å²) in [6.07, 6.45) is 1.76. The molecular formula is C20H28O6. The standard InChI is InChI=1S/C20H28O6/c1-11-6-5-7-13-18(3,12(2)16(24)17(25)19(11,13)4)8-14(22)20(10-26-20)15(23)9-21/h6,9,12-14,16,22,24H,5,7-8,10H2,1-4H3/t12-,13?,14-,16-,18-,19-,20+/m1/s1. The summed E-state index contributed by atoms with van der Waals surface area (Å²) >= 11 is 0. The second-order valence-electron chi connectivity index (χ2n) is 8.70. The number of hydrogen-bond acceptors (Lipinski definition) is 6. The number of carbonyl (C=O) groups is 3. The van der Waals surface area contributed by atoms with Gasteiger partial charge < -0.3 is 14.9 Å². The number of hydrogen-bond donors (Lipinski definition) is 2. The van der Waals surface area contributed by atoms with Crippen molar-refractivity contribution in [2.75, 3.05) is 6.61 Å². The van der Waals surface area contributed by atoms with Crippen LogP contribution < -0.4 is 0 Å². The summed E-state index contributed by atoms with van der Waals surface area (Å²) in [6.45, 7) is 7.62. The number of allylic oxidation sites excluding steroid dienone is 2. The van der Waals surface area contributed by atoms with Crippen molar-refractivity contribution >= 4 is 17.9 Å². The number of ketones is 2. The first kappa shape index (κ1) is 19.4. The third kappa shape index (κ3) is 2.38. The second-order valence-corrected chi connectivity index (χ2v) is 8.70. The van der Waals surface area contributed by atoms with E-state index in [1.165, 1.54) is 0 Å². The molecule has 7 atom stereocenters. The molecule has 144 valence electrons. The number of epoxide rings is 1. The van der Waals surface area contributed by atoms with Gasteiger partial charge in [-0.25, -0.2) is 0 Å². The highest BCUT2D eigenvalue weighted by Gasteiger charge is 2.65. The Morgan fingerprint density at radius 2 is 2.08 bits per heavy atom. The molecule has 6 heteroatoms. The van der Waals surface area contributed by atoms with E-state index in [1.54, 1.807) is 0 Å². The number of aldehydes is 1. The SMILES string of the molecule is CC1=CCCC2[C@]1(C)C(=O)[C@H](O)[C@@H](C)[C@@]2(C)C[C@@H](O)[C@]1(C(=O)C=O)CO1. The Bertz CT molecular complexity index is 678. The smallest absolute Gasteiger partial charge is 0.231 e. The average Bonchev–Trinajstić information content (AvgIpc) is 3.42. The van der Waals surface area contributed by atoms with Crippen molar-refractivity contribution in [1.29, 1.82) is 0 Å². The molecule has 2 fully saturated rings. The summed E-state index contributed by atoms with van der Waals surface area (Å²) < 4.78 is 5.19. The maximum Gasteiger partial charge on any atom is 0.231 e. The van der Waals surface area contributed by atoms with Gasteiger partial charge in [0.2, 0.25) is 5.78 Å². The summed E-state index contributed by atoms with van der Waals surface area (Å²) in [7, 11) is 0. The molecule has 0 aromatic carbocycles. The van der Waals surface area contributed by atoms with E-state index >= 15 is 0 Å². The lowest BCUT2D eigenvalue weighted by molar-refractivity contribution is -0.169. The van der Waals surface area contributed by atoms with Crippen LogP contribution in [0.4, 0.5) is 0 Å². The largest absolute Gasteiger partial charge is 0.389 e. The molecule has 1 saturated heterocycles. The molecule has 0 spiro atoms. The Balaban J connectivity index is 1.99. The van der Waals surface area contributed by atoms with Crippen LogP contribution in [0.1, 0.15) is 47.0 Å². The van der Waals surface area contributed by atoms with Crippen molar-refractivity contribution in [3.05, 3.63) is 11.6 Å². The summed E-state index contributed by atoms with van der Waals surface area (Å²) in [6, 6.07) is 0. The van der Waals surface area contributed by atoms with Crippen molar-refractivity contribution in [1.82, 2.24) is 0 Å². The number of Topliss-reactive ketones (excluding diaryl/α,β-unsaturated/α-hetero) is 2. The summed E-state index contributed by atoms with van der Waals surface area (Å²) in [5.41, 5.74) is -1.87. The van der Waals surface area contributed by atoms with Gasteiger partial charge in [-0.05, 0) is 50.4 Å². The zero-order valence-corrected chi connectivity index (χ0v) is 15.8. The number of ether oxygens (including phenoxy) is 1. The van der Waals surface area contributed by atoms with E-state index < -0.39 is 34.4 Å². The third-order valence-electron chi connectivity index (χ3n) is 7.66. The molecule has 1 heterocycles. The van der Waals surface area contributed by atoms with E-state index in [0.717, 1.165) is 18.4 Å². The highest BCUT2D eigenvalue weighted by atomic mass is 16.6. The van der Waals surface area contributed by atoms with Gasteiger partial charge >= 0.3 is 0 Å². The fourth-order valence-corrected chi connectivity index (χ4v) is 5.40. The number of fused-ring (bicyclic) bond motifs is 1. The first-order valence-electron chi connectivity index (χ1n) is 9.27. The van der Waals surface area contributed by atoms with Crippen LogP contribution in [0.3, 0.4) is 0 Å². The highest BCUT2D eigenvalue weighted by Crippen LogP contribution is 2.61. The van der Waals surface area contributed by atoms with E-state index in [-0.39, 0.29) is 36.9 Å². The molecule has 1 aliphatic heterocycles. The van der Waals surface area contributed by atoms with E-state index in [9.17, 15) is 24.6 Å². The van der Waals surface area contributed by atoms with Gasteiger partial charge in [0.15, 0.2) is 17.7 Å². The fraction of sp³-hybridized carbons (Fsp3) is 0.750. The molecule has 3 rings (SSSR count). The van der Waals surface area contributed by atoms with E-state index in [4.69, 9.17) is 4.74 Å². The Labute approximate surface area is 153 Å². The predicted octanol–water partition coefficient (Wildman–Crippen LogP) is 1.22. The van der Waals surface area contributed by atoms with Crippen molar-refractivity contribution < 1.29 is 29.3 Å². The van der Waals surface area contributed by atoms with Gasteiger partial charge in [0.1, 0.15) is 6.10 Å². The van der Waals surface area contributed by atoms with Gasteiger partial charge in [0.25, 0.3) is 0 Å². The number of carbonyl (C=O) groups excluding carboxylic acids is 3. The molecule has 26 heavy (non-hydrogen) atoms. The van der Waals surface area contributed by atoms with Crippen molar-refractivity contribution in [2.45, 2.75) is 64.8 Å². The van der Waals surface area contributed by atoms with E-state index in [2.05, 4.69) is 6.08 Å². The number of aliphatic hydroxyl groups is 2. The molecule has 0 aromatic heterocycles. The Morgan fingerprint density at radius 1 is 1.46 bits per heavy atom. The van der Waals surface area contributed by atoms with Gasteiger partial charge in [-0.15, -0.1) is 0 Å². The van der Waals surface area contributed by atoms with Crippen LogP contribution in [0.2, 0.25) is 0 Å². The van der Waals surface area contributed by atoms with Crippen LogP contribution in [0.25, 0.3) is 0 Å². The maximum atomic E-state index is 13.0. The molecule has 0 bridgehead atoms. The quantitative estimate of drug-likeness (QED) is 0.329. The normalized spacial score (nSPS) is 46.2. The minimum absolute atomic E-state index is 0.0263. The maximum absolute atomic E-state index is 13.0. The zero-order chi connectivity index (χ0) is 19.5. The molecule has 1 saturated carbocycles. The summed E-state index contributed by atoms with van der Waals surface area (Å²) in [5.74, 6) is -1.37. The van der Waals surface area contributed by atoms with E-state index in [1.807, 2.05) is 27.7 Å². The first-order valence-corrected chi connectivity index (χ1v) is 9.27. The molecule has 6 nitrogen and oxygen atoms in total. The van der Waals surface area contributed by atoms with Crippen LogP contribution >= 0.6 is 0 Å². The fourth-order valence-electron chi connectivity index (χ4n) is 5.40. The zero-order valence-electron chi connectivity index (χ0n) is 15.8. The van der Waals surface area contributed by atoms with Gasteiger partial charge in [-0.3, -0.25) is 14.4 Å². The molecule has 0 amide bonds. The molecule has 2 N–H and O–H groups in total. The molecule has 0 aromatic rings. The van der Waals surface area contributed by atoms with Crippen LogP contribution in [0.5, 0.6) is 0 Å². The lowest BCUT2D eigenvalue weighted by Crippen LogP contribution is -2.62. The average molecular weight is 364 g/mol. The molecular weight excluding hydrogens is 336 g/mol. The second kappa shape index (κ2) is 6.08. The van der Waals surface area contributed by atoms with Crippen molar-refractivity contribution in [3.63, 3.8) is 0 Å². The minimum atomic E-state index is -1.45. The van der Waals surface area contributed by atoms with Gasteiger partial charge in [-0.2, -0.15) is 0 Å². The predicted molar refractivity (Wildman–Crippen MR) is 93.3 cm³/mol. The summed E-state index contributed by atoms with van der Waals surface area (Å²) in [4.78, 5) is 35.8. The highest BCUT2D eigenvalue weighted by molar-refractivity contribution is 6.30. The van der Waals surface area contributed by atoms with Crippen molar-refractivity contribution in [2.24, 2.45) is 22.7 Å². The van der Waals surface area contributed by atoms with Gasteiger partial charge in [-0.1, -0.05) is 25.5 Å². The number of rotatable bonds is 5. The lowest BCUT2D eigenvalue weighted by Gasteiger charge is -2.58. The number of aliphatic hydroxyl groups excluding tert-OH is 2. The lowest BCUT2D eigenvalue weighted by atomic mass is 9.45. The third-order valence-corrected chi connectivity index (χ3v) is 7.66. The topological polar surface area (TPSA) is 104 Å². The molecule has 2 aliphatic carbocycles. The molecule has 3 aliphatic rings. The Hall–Kier alpha value is -1.37. The minimum Gasteiger partial charge on any atom is -0.389 e. The monoisotopic (exact) mass is 364 g/mol. The van der Waals surface area contributed by atoms with Crippen LogP contribution in [0, 0.1) is 22.7 Å². The Kier molecular flexibility index (Phi) is 4.53. The van der Waals surface area contributed by atoms with Gasteiger partial charge in [0, 0.05) is 0 Å². The van der Waals surface area contributed by atoms with Crippen LogP contribution in [-0.2, 0) is 19.1 Å². The van der Waals surface area contributed by atoms with Crippen molar-refractivity contribution in [3.8, 4) is 0 Å². The Morgan fingerprint density at radius 3 is 2.62 bits per heavy atom. The van der Waals surface area contributed by atoms with Crippen LogP contribution in [0.15, 0.2) is 11.6 Å². The molecule has 1 unspecified atom stereocenters. The van der Waals surface area contributed by atoms with Crippen LogP contribution in [-0.4, -0.2) is 52.5 Å². The summed E-state index contributed by atoms with van der Waals surface area (Å²) in [5, 5.41) is 21.5. The first-order chi connectivity index (χ1) is 12.1. The molecule has 0 radical (unpaired) electrons.